The van der Waals surface area contributed by atoms with Gasteiger partial charge in [-0.1, -0.05) is 35.5 Å². The Hall–Kier alpha value is -1.56. The van der Waals surface area contributed by atoms with E-state index in [0.717, 1.165) is 16.9 Å². The van der Waals surface area contributed by atoms with Crippen LogP contribution in [0.4, 0.5) is 4.39 Å². The maximum absolute atomic E-state index is 14.3. The van der Waals surface area contributed by atoms with Gasteiger partial charge in [-0.25, -0.2) is 4.39 Å². The Labute approximate surface area is 156 Å². The van der Waals surface area contributed by atoms with Crippen molar-refractivity contribution in [3.63, 3.8) is 0 Å². The molecule has 2 aromatic rings. The summed E-state index contributed by atoms with van der Waals surface area (Å²) < 4.78 is 14.3. The summed E-state index contributed by atoms with van der Waals surface area (Å²) in [5.74, 6) is -0.356. The van der Waals surface area contributed by atoms with Gasteiger partial charge in [0.25, 0.3) is 0 Å². The van der Waals surface area contributed by atoms with Gasteiger partial charge in [-0.3, -0.25) is 4.79 Å². The van der Waals surface area contributed by atoms with Crippen molar-refractivity contribution < 1.29 is 14.3 Å². The number of nitrogens with one attached hydrogen (secondary N) is 1. The van der Waals surface area contributed by atoms with Gasteiger partial charge >= 0.3 is 0 Å². The van der Waals surface area contributed by atoms with E-state index < -0.39 is 0 Å². The van der Waals surface area contributed by atoms with Crippen molar-refractivity contribution in [3.05, 3.63) is 58.9 Å². The highest BCUT2D eigenvalue weighted by Crippen LogP contribution is 2.33. The summed E-state index contributed by atoms with van der Waals surface area (Å²) in [6.45, 7) is 0.680. The molecule has 0 heterocycles. The van der Waals surface area contributed by atoms with E-state index in [1.807, 2.05) is 18.2 Å². The first kappa shape index (κ1) is 19.8. The van der Waals surface area contributed by atoms with Crippen molar-refractivity contribution in [1.82, 2.24) is 5.32 Å². The van der Waals surface area contributed by atoms with E-state index in [0.29, 0.717) is 35.7 Å². The highest BCUT2D eigenvalue weighted by atomic mass is 35.5. The van der Waals surface area contributed by atoms with E-state index in [9.17, 15) is 9.18 Å². The molecule has 2 rings (SSSR count). The van der Waals surface area contributed by atoms with Crippen molar-refractivity contribution in [3.8, 4) is 0 Å². The van der Waals surface area contributed by atoms with Crippen LogP contribution in [-0.2, 0) is 11.2 Å². The lowest BCUT2D eigenvalue weighted by molar-refractivity contribution is -0.121. The number of carbonyl (C=O) groups is 1. The number of aliphatic hydroxyl groups excluding tert-OH is 1. The van der Waals surface area contributed by atoms with Gasteiger partial charge in [-0.2, -0.15) is 0 Å². The Kier molecular flexibility index (Phi) is 8.25. The average Bonchev–Trinajstić information content (AvgIpc) is 2.61. The first-order valence-corrected chi connectivity index (χ1v) is 9.38. The summed E-state index contributed by atoms with van der Waals surface area (Å²) in [6, 6.07) is 12.2. The normalized spacial score (nSPS) is 10.7. The number of unbranched alkanes of at least 4 members (excludes halogenated alkanes) is 1. The van der Waals surface area contributed by atoms with E-state index in [1.165, 1.54) is 17.8 Å². The second-order valence-electron chi connectivity index (χ2n) is 5.56. The summed E-state index contributed by atoms with van der Waals surface area (Å²) >= 11 is 7.21. The molecule has 0 fully saturated rings. The summed E-state index contributed by atoms with van der Waals surface area (Å²) in [7, 11) is 0. The SMILES string of the molecule is O=C(CCc1cccc(F)c1Sc1ccc(Cl)cc1)NCCCCO. The molecular weight excluding hydrogens is 361 g/mol. The number of amides is 1. The minimum Gasteiger partial charge on any atom is -0.396 e. The lowest BCUT2D eigenvalue weighted by Crippen LogP contribution is -2.24. The number of aliphatic hydroxyl groups is 1. The average molecular weight is 382 g/mol. The molecule has 0 atom stereocenters. The predicted molar refractivity (Wildman–Crippen MR) is 99.6 cm³/mol. The minimum absolute atomic E-state index is 0.0651. The van der Waals surface area contributed by atoms with Crippen LogP contribution >= 0.6 is 23.4 Å². The molecule has 1 amide bonds. The van der Waals surface area contributed by atoms with E-state index in [1.54, 1.807) is 18.2 Å². The Balaban J connectivity index is 1.97. The zero-order chi connectivity index (χ0) is 18.1. The summed E-state index contributed by atoms with van der Waals surface area (Å²) in [5, 5.41) is 12.2. The number of halogens is 2. The zero-order valence-electron chi connectivity index (χ0n) is 13.8. The fourth-order valence-electron chi connectivity index (χ4n) is 2.29. The Morgan fingerprint density at radius 3 is 2.64 bits per heavy atom. The monoisotopic (exact) mass is 381 g/mol. The lowest BCUT2D eigenvalue weighted by Gasteiger charge is -2.11. The second-order valence-corrected chi connectivity index (χ2v) is 7.08. The molecule has 0 bridgehead atoms. The Morgan fingerprint density at radius 1 is 1.16 bits per heavy atom. The molecule has 2 aromatic carbocycles. The minimum atomic E-state index is -0.291. The fraction of sp³-hybridized carbons (Fsp3) is 0.316. The maximum Gasteiger partial charge on any atom is 0.220 e. The highest BCUT2D eigenvalue weighted by molar-refractivity contribution is 7.99. The fourth-order valence-corrected chi connectivity index (χ4v) is 3.39. The van der Waals surface area contributed by atoms with Crippen LogP contribution in [0.5, 0.6) is 0 Å². The number of carbonyl (C=O) groups excluding carboxylic acids is 1. The summed E-state index contributed by atoms with van der Waals surface area (Å²) in [4.78, 5) is 13.3. The van der Waals surface area contributed by atoms with Crippen molar-refractivity contribution in [2.24, 2.45) is 0 Å². The van der Waals surface area contributed by atoms with Crippen LogP contribution in [0.2, 0.25) is 5.02 Å². The molecule has 0 spiro atoms. The van der Waals surface area contributed by atoms with Crippen LogP contribution in [0.15, 0.2) is 52.3 Å². The molecule has 0 radical (unpaired) electrons. The van der Waals surface area contributed by atoms with E-state index in [4.69, 9.17) is 16.7 Å². The van der Waals surface area contributed by atoms with E-state index in [-0.39, 0.29) is 18.3 Å². The van der Waals surface area contributed by atoms with Crippen LogP contribution in [0.3, 0.4) is 0 Å². The van der Waals surface area contributed by atoms with Crippen molar-refractivity contribution in [2.45, 2.75) is 35.5 Å². The molecule has 0 aliphatic carbocycles. The third-order valence-corrected chi connectivity index (χ3v) is 5.03. The van der Waals surface area contributed by atoms with E-state index >= 15 is 0 Å². The molecule has 25 heavy (non-hydrogen) atoms. The largest absolute Gasteiger partial charge is 0.396 e. The molecule has 3 nitrogen and oxygen atoms in total. The molecule has 0 saturated heterocycles. The van der Waals surface area contributed by atoms with Gasteiger partial charge in [0.1, 0.15) is 5.82 Å². The number of aryl methyl sites for hydroxylation is 1. The maximum atomic E-state index is 14.3. The third-order valence-electron chi connectivity index (χ3n) is 3.61. The van der Waals surface area contributed by atoms with Crippen LogP contribution in [0.25, 0.3) is 0 Å². The Bertz CT molecular complexity index is 694. The van der Waals surface area contributed by atoms with Crippen molar-refractivity contribution in [2.75, 3.05) is 13.2 Å². The van der Waals surface area contributed by atoms with Gasteiger partial charge in [-0.05, 0) is 55.2 Å². The van der Waals surface area contributed by atoms with E-state index in [2.05, 4.69) is 5.32 Å². The number of benzene rings is 2. The lowest BCUT2D eigenvalue weighted by atomic mass is 10.1. The topological polar surface area (TPSA) is 49.3 Å². The third kappa shape index (κ3) is 6.69. The Morgan fingerprint density at radius 2 is 1.92 bits per heavy atom. The summed E-state index contributed by atoms with van der Waals surface area (Å²) in [5.41, 5.74) is 0.811. The second kappa shape index (κ2) is 10.4. The van der Waals surface area contributed by atoms with Gasteiger partial charge < -0.3 is 10.4 Å². The molecular formula is C19H21ClFNO2S. The van der Waals surface area contributed by atoms with Crippen LogP contribution in [0.1, 0.15) is 24.8 Å². The molecule has 6 heteroatoms. The van der Waals surface area contributed by atoms with Gasteiger partial charge in [0, 0.05) is 29.5 Å². The molecule has 134 valence electrons. The molecule has 0 unspecified atom stereocenters. The zero-order valence-corrected chi connectivity index (χ0v) is 15.4. The first-order valence-electron chi connectivity index (χ1n) is 8.18. The standard InChI is InChI=1S/C19H21ClFNO2S/c20-15-7-9-16(10-8-15)25-19-14(4-3-5-17(19)21)6-11-18(24)22-12-1-2-13-23/h3-5,7-10,23H,1-2,6,11-13H2,(H,22,24). The predicted octanol–water partition coefficient (Wildman–Crippen LogP) is 4.45. The van der Waals surface area contributed by atoms with Crippen molar-refractivity contribution >= 4 is 29.3 Å². The van der Waals surface area contributed by atoms with Crippen LogP contribution < -0.4 is 5.32 Å². The van der Waals surface area contributed by atoms with Crippen LogP contribution in [0, 0.1) is 5.82 Å². The number of rotatable bonds is 9. The highest BCUT2D eigenvalue weighted by Gasteiger charge is 2.12. The van der Waals surface area contributed by atoms with Crippen LogP contribution in [-0.4, -0.2) is 24.2 Å². The molecule has 0 saturated carbocycles. The smallest absolute Gasteiger partial charge is 0.220 e. The number of hydrogen-bond donors (Lipinski definition) is 2. The van der Waals surface area contributed by atoms with Gasteiger partial charge in [0.15, 0.2) is 0 Å². The molecule has 0 aliphatic rings. The van der Waals surface area contributed by atoms with Crippen molar-refractivity contribution in [1.29, 1.82) is 0 Å². The summed E-state index contributed by atoms with van der Waals surface area (Å²) in [6.07, 6.45) is 2.20. The number of hydrogen-bond acceptors (Lipinski definition) is 3. The van der Waals surface area contributed by atoms with Gasteiger partial charge in [0.05, 0.1) is 4.90 Å². The first-order chi connectivity index (χ1) is 12.1. The van der Waals surface area contributed by atoms with Gasteiger partial charge in [0.2, 0.25) is 5.91 Å². The quantitative estimate of drug-likeness (QED) is 0.631. The molecule has 2 N–H and O–H groups in total. The molecule has 0 aliphatic heterocycles. The molecule has 0 aromatic heterocycles. The van der Waals surface area contributed by atoms with Gasteiger partial charge in [-0.15, -0.1) is 0 Å².